The average molecular weight is 380 g/mol. The van der Waals surface area contributed by atoms with Gasteiger partial charge in [-0.2, -0.15) is 0 Å². The molecule has 0 saturated carbocycles. The topological polar surface area (TPSA) is 64.9 Å². The van der Waals surface area contributed by atoms with Crippen LogP contribution in [0.1, 0.15) is 12.0 Å². The number of aryl methyl sites for hydroxylation is 1. The Balaban J connectivity index is 0.00000225. The van der Waals surface area contributed by atoms with E-state index in [0.717, 1.165) is 36.2 Å². The molecule has 1 heterocycles. The van der Waals surface area contributed by atoms with Crippen molar-refractivity contribution in [3.63, 3.8) is 0 Å². The molecular weight excluding hydrogens is 358 g/mol. The van der Waals surface area contributed by atoms with Crippen molar-refractivity contribution in [2.75, 3.05) is 19.4 Å². The molecule has 0 radical (unpaired) electrons. The lowest BCUT2D eigenvalue weighted by Gasteiger charge is -2.13. The van der Waals surface area contributed by atoms with E-state index in [1.807, 2.05) is 13.1 Å². The number of fused-ring (bicyclic) bond motifs is 1. The first-order chi connectivity index (χ1) is 11.8. The lowest BCUT2D eigenvalue weighted by molar-refractivity contribution is 0.408. The summed E-state index contributed by atoms with van der Waals surface area (Å²) in [6.07, 6.45) is 1.05. The number of halogens is 1. The summed E-state index contributed by atoms with van der Waals surface area (Å²) in [5, 5.41) is 18.3. The largest absolute Gasteiger partial charge is 0.496 e. The van der Waals surface area contributed by atoms with Gasteiger partial charge in [-0.05, 0) is 40.2 Å². The van der Waals surface area contributed by atoms with Gasteiger partial charge in [-0.3, -0.25) is 0 Å². The van der Waals surface area contributed by atoms with Crippen LogP contribution in [-0.2, 0) is 13.6 Å². The zero-order valence-corrected chi connectivity index (χ0v) is 15.9. The molecular formula is C17H22ClN5OS. The van der Waals surface area contributed by atoms with E-state index in [1.54, 1.807) is 23.6 Å². The number of benzene rings is 2. The highest BCUT2D eigenvalue weighted by atomic mass is 35.5. The summed E-state index contributed by atoms with van der Waals surface area (Å²) in [6, 6.07) is 12.5. The quantitative estimate of drug-likeness (QED) is 0.479. The summed E-state index contributed by atoms with van der Waals surface area (Å²) in [4.78, 5) is 0. The van der Waals surface area contributed by atoms with Crippen molar-refractivity contribution in [1.29, 1.82) is 0 Å². The molecule has 1 N–H and O–H groups in total. The standard InChI is InChI=1S/C17H21N5OS.ClH/c1-22-17(19-20-21-22)24-11-5-10-18-12-15-14-7-4-3-6-13(14)8-9-16(15)23-2;/h3-4,6-9,18H,5,10-12H2,1-2H3;1H. The second kappa shape index (κ2) is 9.60. The number of hydrogen-bond acceptors (Lipinski definition) is 6. The van der Waals surface area contributed by atoms with E-state index >= 15 is 0 Å². The van der Waals surface area contributed by atoms with E-state index in [-0.39, 0.29) is 12.4 Å². The Labute approximate surface area is 157 Å². The maximum atomic E-state index is 5.52. The molecule has 0 spiro atoms. The summed E-state index contributed by atoms with van der Waals surface area (Å²) in [6.45, 7) is 1.73. The lowest BCUT2D eigenvalue weighted by Crippen LogP contribution is -2.16. The number of methoxy groups -OCH3 is 1. The van der Waals surface area contributed by atoms with Gasteiger partial charge in [0.05, 0.1) is 7.11 Å². The summed E-state index contributed by atoms with van der Waals surface area (Å²) in [7, 11) is 3.58. The van der Waals surface area contributed by atoms with E-state index in [4.69, 9.17) is 4.74 Å². The molecule has 25 heavy (non-hydrogen) atoms. The van der Waals surface area contributed by atoms with Gasteiger partial charge in [-0.1, -0.05) is 42.1 Å². The molecule has 3 rings (SSSR count). The highest BCUT2D eigenvalue weighted by Crippen LogP contribution is 2.27. The van der Waals surface area contributed by atoms with Gasteiger partial charge in [-0.15, -0.1) is 17.5 Å². The third-order valence-corrected chi connectivity index (χ3v) is 4.93. The molecule has 134 valence electrons. The minimum atomic E-state index is 0. The highest BCUT2D eigenvalue weighted by molar-refractivity contribution is 7.99. The van der Waals surface area contributed by atoms with Crippen molar-refractivity contribution < 1.29 is 4.74 Å². The smallest absolute Gasteiger partial charge is 0.209 e. The molecule has 0 aliphatic heterocycles. The van der Waals surface area contributed by atoms with Gasteiger partial charge in [-0.25, -0.2) is 4.68 Å². The fraction of sp³-hybridized carbons (Fsp3) is 0.353. The van der Waals surface area contributed by atoms with Gasteiger partial charge in [0.1, 0.15) is 5.75 Å². The molecule has 0 bridgehead atoms. The van der Waals surface area contributed by atoms with Crippen LogP contribution in [0.25, 0.3) is 10.8 Å². The summed E-state index contributed by atoms with van der Waals surface area (Å²) in [5.74, 6) is 1.91. The minimum Gasteiger partial charge on any atom is -0.496 e. The van der Waals surface area contributed by atoms with E-state index in [9.17, 15) is 0 Å². The van der Waals surface area contributed by atoms with Gasteiger partial charge in [0.15, 0.2) is 0 Å². The van der Waals surface area contributed by atoms with Crippen molar-refractivity contribution in [1.82, 2.24) is 25.5 Å². The molecule has 0 unspecified atom stereocenters. The summed E-state index contributed by atoms with van der Waals surface area (Å²) in [5.41, 5.74) is 1.21. The SMILES string of the molecule is COc1ccc2ccccc2c1CNCCCSc1nnnn1C.Cl. The van der Waals surface area contributed by atoms with Crippen LogP contribution in [0.2, 0.25) is 0 Å². The van der Waals surface area contributed by atoms with Crippen LogP contribution >= 0.6 is 24.2 Å². The molecule has 8 heteroatoms. The second-order valence-electron chi connectivity index (χ2n) is 5.43. The molecule has 6 nitrogen and oxygen atoms in total. The zero-order valence-electron chi connectivity index (χ0n) is 14.3. The average Bonchev–Trinajstić information content (AvgIpc) is 3.02. The number of hydrogen-bond donors (Lipinski definition) is 1. The number of nitrogens with zero attached hydrogens (tertiary/aromatic N) is 4. The molecule has 0 aliphatic rings. The number of rotatable bonds is 8. The fourth-order valence-corrected chi connectivity index (χ4v) is 3.40. The van der Waals surface area contributed by atoms with E-state index in [0.29, 0.717) is 0 Å². The maximum Gasteiger partial charge on any atom is 0.209 e. The molecule has 0 saturated heterocycles. The number of ether oxygens (including phenoxy) is 1. The highest BCUT2D eigenvalue weighted by Gasteiger charge is 2.08. The van der Waals surface area contributed by atoms with Crippen LogP contribution in [0.3, 0.4) is 0 Å². The van der Waals surface area contributed by atoms with Crippen molar-refractivity contribution in [2.24, 2.45) is 7.05 Å². The Morgan fingerprint density at radius 3 is 2.80 bits per heavy atom. The van der Waals surface area contributed by atoms with Gasteiger partial charge >= 0.3 is 0 Å². The van der Waals surface area contributed by atoms with Crippen molar-refractivity contribution in [2.45, 2.75) is 18.1 Å². The van der Waals surface area contributed by atoms with Crippen LogP contribution in [-0.4, -0.2) is 39.6 Å². The zero-order chi connectivity index (χ0) is 16.8. The monoisotopic (exact) mass is 379 g/mol. The molecule has 0 atom stereocenters. The number of nitrogens with one attached hydrogen (secondary N) is 1. The normalized spacial score (nSPS) is 10.6. The third kappa shape index (κ3) is 4.84. The Kier molecular flexibility index (Phi) is 7.49. The van der Waals surface area contributed by atoms with Gasteiger partial charge in [0.25, 0.3) is 0 Å². The van der Waals surface area contributed by atoms with E-state index in [2.05, 4.69) is 51.2 Å². The van der Waals surface area contributed by atoms with Crippen LogP contribution in [0.5, 0.6) is 5.75 Å². The van der Waals surface area contributed by atoms with E-state index < -0.39 is 0 Å². The Morgan fingerprint density at radius 2 is 2.04 bits per heavy atom. The first-order valence-electron chi connectivity index (χ1n) is 7.90. The minimum absolute atomic E-state index is 0. The number of aromatic nitrogens is 4. The van der Waals surface area contributed by atoms with Crippen LogP contribution < -0.4 is 10.1 Å². The van der Waals surface area contributed by atoms with Crippen LogP contribution in [0, 0.1) is 0 Å². The molecule has 3 aromatic rings. The lowest BCUT2D eigenvalue weighted by atomic mass is 10.0. The molecule has 0 fully saturated rings. The molecule has 0 amide bonds. The van der Waals surface area contributed by atoms with E-state index in [1.165, 1.54) is 16.3 Å². The third-order valence-electron chi connectivity index (χ3n) is 3.83. The molecule has 0 aliphatic carbocycles. The predicted molar refractivity (Wildman–Crippen MR) is 104 cm³/mol. The molecule has 1 aromatic heterocycles. The molecule has 2 aromatic carbocycles. The predicted octanol–water partition coefficient (Wildman–Crippen LogP) is 3.07. The van der Waals surface area contributed by atoms with Gasteiger partial charge in [0.2, 0.25) is 5.16 Å². The Hall–Kier alpha value is -1.83. The van der Waals surface area contributed by atoms with Gasteiger partial charge in [0, 0.05) is 24.9 Å². The number of tetrazole rings is 1. The maximum absolute atomic E-state index is 5.52. The fourth-order valence-electron chi connectivity index (χ4n) is 2.61. The summed E-state index contributed by atoms with van der Waals surface area (Å²) >= 11 is 1.67. The first-order valence-corrected chi connectivity index (χ1v) is 8.88. The van der Waals surface area contributed by atoms with Crippen LogP contribution in [0.15, 0.2) is 41.6 Å². The Bertz CT molecular complexity index is 811. The second-order valence-corrected chi connectivity index (χ2v) is 6.49. The van der Waals surface area contributed by atoms with Gasteiger partial charge < -0.3 is 10.1 Å². The number of thioether (sulfide) groups is 1. The van der Waals surface area contributed by atoms with Crippen molar-refractivity contribution in [3.8, 4) is 5.75 Å². The van der Waals surface area contributed by atoms with Crippen molar-refractivity contribution in [3.05, 3.63) is 42.0 Å². The van der Waals surface area contributed by atoms with Crippen LogP contribution in [0.4, 0.5) is 0 Å². The first kappa shape index (κ1) is 19.5. The summed E-state index contributed by atoms with van der Waals surface area (Å²) < 4.78 is 7.22. The van der Waals surface area contributed by atoms with Crippen molar-refractivity contribution >= 4 is 34.9 Å². The Morgan fingerprint density at radius 1 is 1.20 bits per heavy atom.